The van der Waals surface area contributed by atoms with E-state index in [0.717, 1.165) is 0 Å². The van der Waals surface area contributed by atoms with Gasteiger partial charge in [0.15, 0.2) is 0 Å². The predicted molar refractivity (Wildman–Crippen MR) is 57.6 cm³/mol. The molecule has 1 amide bonds. The van der Waals surface area contributed by atoms with E-state index in [1.165, 1.54) is 32.4 Å². The van der Waals surface area contributed by atoms with Gasteiger partial charge in [-0.3, -0.25) is 0 Å². The first-order valence-electron chi connectivity index (χ1n) is 5.13. The number of amides is 1. The van der Waals surface area contributed by atoms with Gasteiger partial charge >= 0.3 is 6.09 Å². The molecule has 0 unspecified atom stereocenters. The summed E-state index contributed by atoms with van der Waals surface area (Å²) in [6.07, 6.45) is 3.24. The van der Waals surface area contributed by atoms with Gasteiger partial charge in [-0.05, 0) is 46.7 Å². The maximum atomic E-state index is 9.90. The van der Waals surface area contributed by atoms with Crippen LogP contribution in [0.5, 0.6) is 0 Å². The molecule has 14 heavy (non-hydrogen) atoms. The first kappa shape index (κ1) is 13.2. The Morgan fingerprint density at radius 3 is 1.79 bits per heavy atom. The normalized spacial score (nSPS) is 16.5. The maximum Gasteiger partial charge on any atom is 0.405 e. The van der Waals surface area contributed by atoms with Crippen LogP contribution in [0, 0.1) is 0 Å². The van der Waals surface area contributed by atoms with Crippen LogP contribution >= 0.6 is 0 Å². The molecule has 4 heteroatoms. The van der Waals surface area contributed by atoms with E-state index in [1.807, 2.05) is 0 Å². The molecule has 1 rings (SSSR count). The molecule has 4 nitrogen and oxygen atoms in total. The van der Waals surface area contributed by atoms with Gasteiger partial charge in [-0.1, -0.05) is 6.42 Å². The first-order valence-corrected chi connectivity index (χ1v) is 5.13. The van der Waals surface area contributed by atoms with Gasteiger partial charge in [-0.2, -0.15) is 0 Å². The van der Waals surface area contributed by atoms with Crippen molar-refractivity contribution in [2.75, 3.05) is 13.1 Å². The molecular formula is C10H22N2O2. The Morgan fingerprint density at radius 1 is 1.21 bits per heavy atom. The molecular weight excluding hydrogens is 180 g/mol. The van der Waals surface area contributed by atoms with Crippen LogP contribution in [-0.4, -0.2) is 29.8 Å². The molecule has 0 spiro atoms. The number of hydrogen-bond acceptors (Lipinski definition) is 2. The quantitative estimate of drug-likeness (QED) is 0.561. The third kappa shape index (κ3) is 11.2. The highest BCUT2D eigenvalue weighted by Gasteiger charge is 2.10. The summed E-state index contributed by atoms with van der Waals surface area (Å²) in [6, 6.07) is 0. The number of carboxylic acid groups (broad SMARTS) is 1. The van der Waals surface area contributed by atoms with Crippen LogP contribution in [0.4, 0.5) is 4.79 Å². The Labute approximate surface area is 86.1 Å². The average molecular weight is 202 g/mol. The van der Waals surface area contributed by atoms with Crippen molar-refractivity contribution in [2.24, 2.45) is 0 Å². The van der Waals surface area contributed by atoms with Crippen molar-refractivity contribution in [1.29, 1.82) is 0 Å². The van der Waals surface area contributed by atoms with Crippen LogP contribution in [0.25, 0.3) is 0 Å². The van der Waals surface area contributed by atoms with Crippen molar-refractivity contribution < 1.29 is 9.90 Å². The predicted octanol–water partition coefficient (Wildman–Crippen LogP) is 1.81. The zero-order valence-electron chi connectivity index (χ0n) is 9.39. The minimum atomic E-state index is -0.975. The van der Waals surface area contributed by atoms with E-state index in [2.05, 4.69) is 10.6 Å². The topological polar surface area (TPSA) is 61.4 Å². The van der Waals surface area contributed by atoms with Gasteiger partial charge in [-0.25, -0.2) is 4.79 Å². The van der Waals surface area contributed by atoms with Crippen molar-refractivity contribution in [3.63, 3.8) is 0 Å². The largest absolute Gasteiger partial charge is 0.465 e. The second-order valence-electron chi connectivity index (χ2n) is 4.49. The fourth-order valence-electron chi connectivity index (χ4n) is 1.12. The number of nitrogens with one attached hydrogen (secondary N) is 2. The van der Waals surface area contributed by atoms with E-state index < -0.39 is 6.09 Å². The third-order valence-electron chi connectivity index (χ3n) is 1.69. The van der Waals surface area contributed by atoms with Crippen LogP contribution in [0.15, 0.2) is 0 Å². The van der Waals surface area contributed by atoms with Crippen LogP contribution in [0.2, 0.25) is 0 Å². The maximum absolute atomic E-state index is 9.90. The van der Waals surface area contributed by atoms with E-state index in [0.29, 0.717) is 0 Å². The molecule has 0 aromatic heterocycles. The highest BCUT2D eigenvalue weighted by molar-refractivity contribution is 5.65. The lowest BCUT2D eigenvalue weighted by molar-refractivity contribution is 0.184. The van der Waals surface area contributed by atoms with Crippen molar-refractivity contribution in [1.82, 2.24) is 10.6 Å². The Hall–Kier alpha value is -0.770. The molecule has 0 aliphatic carbocycles. The molecule has 1 fully saturated rings. The molecule has 0 atom stereocenters. The second-order valence-corrected chi connectivity index (χ2v) is 4.49. The minimum absolute atomic E-state index is 0.328. The van der Waals surface area contributed by atoms with Crippen LogP contribution in [0.3, 0.4) is 0 Å². The monoisotopic (exact) mass is 202 g/mol. The van der Waals surface area contributed by atoms with Crippen molar-refractivity contribution in [3.8, 4) is 0 Å². The van der Waals surface area contributed by atoms with Gasteiger partial charge in [0.1, 0.15) is 0 Å². The standard InChI is InChI=1S/C5H11NO2.C5H11N/c1-5(2,3)6-4(7)8;1-2-4-6-5-3-1/h6H,1-3H3,(H,7,8);6H,1-5H2. The van der Waals surface area contributed by atoms with Crippen molar-refractivity contribution in [2.45, 2.75) is 45.6 Å². The van der Waals surface area contributed by atoms with Gasteiger partial charge in [0.25, 0.3) is 0 Å². The lowest BCUT2D eigenvalue weighted by atomic mass is 10.1. The molecule has 0 radical (unpaired) electrons. The van der Waals surface area contributed by atoms with E-state index in [-0.39, 0.29) is 5.54 Å². The van der Waals surface area contributed by atoms with E-state index in [4.69, 9.17) is 5.11 Å². The summed E-state index contributed by atoms with van der Waals surface area (Å²) in [4.78, 5) is 9.90. The molecule has 1 heterocycles. The molecule has 84 valence electrons. The molecule has 3 N–H and O–H groups in total. The van der Waals surface area contributed by atoms with Gasteiger partial charge in [-0.15, -0.1) is 0 Å². The van der Waals surface area contributed by atoms with Gasteiger partial charge < -0.3 is 15.7 Å². The highest BCUT2D eigenvalue weighted by atomic mass is 16.4. The van der Waals surface area contributed by atoms with Crippen LogP contribution in [-0.2, 0) is 0 Å². The Morgan fingerprint density at radius 2 is 1.71 bits per heavy atom. The molecule has 0 aromatic carbocycles. The molecule has 1 aliphatic rings. The van der Waals surface area contributed by atoms with Crippen LogP contribution in [0.1, 0.15) is 40.0 Å². The fourth-order valence-corrected chi connectivity index (χ4v) is 1.12. The third-order valence-corrected chi connectivity index (χ3v) is 1.69. The van der Waals surface area contributed by atoms with Crippen molar-refractivity contribution in [3.05, 3.63) is 0 Å². The first-order chi connectivity index (χ1) is 6.42. The molecule has 1 saturated heterocycles. The minimum Gasteiger partial charge on any atom is -0.465 e. The Kier molecular flexibility index (Phi) is 6.28. The van der Waals surface area contributed by atoms with Gasteiger partial charge in [0, 0.05) is 5.54 Å². The van der Waals surface area contributed by atoms with Crippen molar-refractivity contribution >= 4 is 6.09 Å². The van der Waals surface area contributed by atoms with E-state index in [1.54, 1.807) is 20.8 Å². The molecule has 0 saturated carbocycles. The Balaban J connectivity index is 0.000000249. The van der Waals surface area contributed by atoms with E-state index >= 15 is 0 Å². The number of hydrogen-bond donors (Lipinski definition) is 3. The number of piperidine rings is 1. The average Bonchev–Trinajstić information content (AvgIpc) is 2.03. The van der Waals surface area contributed by atoms with Gasteiger partial charge in [0.05, 0.1) is 0 Å². The zero-order valence-corrected chi connectivity index (χ0v) is 9.39. The summed E-state index contributed by atoms with van der Waals surface area (Å²) in [7, 11) is 0. The second kappa shape index (κ2) is 6.65. The smallest absolute Gasteiger partial charge is 0.405 e. The molecule has 0 aromatic rings. The molecule has 0 bridgehead atoms. The summed E-state index contributed by atoms with van der Waals surface area (Å²) < 4.78 is 0. The van der Waals surface area contributed by atoms with E-state index in [9.17, 15) is 4.79 Å². The highest BCUT2D eigenvalue weighted by Crippen LogP contribution is 1.97. The zero-order chi connectivity index (χ0) is 11.0. The fraction of sp³-hybridized carbons (Fsp3) is 0.900. The van der Waals surface area contributed by atoms with Crippen LogP contribution < -0.4 is 10.6 Å². The SMILES string of the molecule is C1CCNCC1.CC(C)(C)NC(=O)O. The summed E-state index contributed by atoms with van der Waals surface area (Å²) in [5, 5.41) is 13.7. The number of carbonyl (C=O) groups is 1. The lowest BCUT2D eigenvalue weighted by Crippen LogP contribution is -2.39. The summed E-state index contributed by atoms with van der Waals surface area (Å²) in [6.45, 7) is 7.88. The lowest BCUT2D eigenvalue weighted by Gasteiger charge is -2.16. The summed E-state index contributed by atoms with van der Waals surface area (Å²) >= 11 is 0. The summed E-state index contributed by atoms with van der Waals surface area (Å²) in [5.74, 6) is 0. The molecule has 1 aliphatic heterocycles. The van der Waals surface area contributed by atoms with Gasteiger partial charge in [0.2, 0.25) is 0 Å². The Bertz CT molecular complexity index is 148. The summed E-state index contributed by atoms with van der Waals surface area (Å²) in [5.41, 5.74) is -0.328. The number of rotatable bonds is 0.